The third-order valence-corrected chi connectivity index (χ3v) is 2.44. The van der Waals surface area contributed by atoms with Gasteiger partial charge in [0.15, 0.2) is 0 Å². The van der Waals surface area contributed by atoms with Crippen molar-refractivity contribution in [3.63, 3.8) is 0 Å². The van der Waals surface area contributed by atoms with Crippen molar-refractivity contribution in [1.82, 2.24) is 0 Å². The summed E-state index contributed by atoms with van der Waals surface area (Å²) in [6, 6.07) is 15.9. The molecular formula is C13H9BrCl2OZn. The van der Waals surface area contributed by atoms with Gasteiger partial charge in [-0.1, -0.05) is 23.2 Å². The van der Waals surface area contributed by atoms with Crippen LogP contribution < -0.4 is 4.74 Å². The number of halogens is 3. The van der Waals surface area contributed by atoms with Crippen LogP contribution in [0.4, 0.5) is 0 Å². The number of ether oxygens (including phenoxy) is 1. The van der Waals surface area contributed by atoms with Crippen LogP contribution >= 0.6 is 36.8 Å². The van der Waals surface area contributed by atoms with Gasteiger partial charge in [0.05, 0.1) is 6.61 Å². The molecule has 2 aromatic rings. The van der Waals surface area contributed by atoms with Crippen LogP contribution in [0.25, 0.3) is 0 Å². The molecule has 0 saturated heterocycles. The van der Waals surface area contributed by atoms with E-state index in [0.29, 0.717) is 22.4 Å². The van der Waals surface area contributed by atoms with Gasteiger partial charge in [-0.2, -0.15) is 30.3 Å². The van der Waals surface area contributed by atoms with Crippen molar-refractivity contribution >= 4 is 36.8 Å². The predicted octanol–water partition coefficient (Wildman–Crippen LogP) is 5.22. The Labute approximate surface area is 133 Å². The van der Waals surface area contributed by atoms with Gasteiger partial charge in [-0.15, -0.1) is 5.56 Å². The Morgan fingerprint density at radius 1 is 1.11 bits per heavy atom. The van der Waals surface area contributed by atoms with E-state index in [1.807, 2.05) is 24.3 Å². The van der Waals surface area contributed by atoms with Crippen molar-refractivity contribution in [1.29, 1.82) is 0 Å². The Morgan fingerprint density at radius 2 is 1.78 bits per heavy atom. The molecule has 0 atom stereocenters. The maximum absolute atomic E-state index is 5.86. The summed E-state index contributed by atoms with van der Waals surface area (Å²) in [5, 5.41) is 1.14. The Morgan fingerprint density at radius 3 is 2.33 bits per heavy atom. The van der Waals surface area contributed by atoms with Gasteiger partial charge in [0, 0.05) is 10.0 Å². The molecule has 0 spiro atoms. The second-order valence-corrected chi connectivity index (χ2v) is 4.15. The Balaban J connectivity index is 0.000000771. The fourth-order valence-electron chi connectivity index (χ4n) is 1.29. The molecule has 90 valence electrons. The first-order valence-electron chi connectivity index (χ1n) is 5.05. The van der Waals surface area contributed by atoms with Crippen LogP contribution in [0.1, 0.15) is 5.56 Å². The van der Waals surface area contributed by atoms with Gasteiger partial charge in [0.2, 0.25) is 0 Å². The summed E-state index contributed by atoms with van der Waals surface area (Å²) < 4.78 is 5.55. The molecule has 5 heteroatoms. The molecule has 0 amide bonds. The molecule has 0 aliphatic heterocycles. The van der Waals surface area contributed by atoms with Crippen LogP contribution in [0.15, 0.2) is 42.5 Å². The van der Waals surface area contributed by atoms with Crippen LogP contribution in [0.3, 0.4) is 0 Å². The quantitative estimate of drug-likeness (QED) is 0.510. The summed E-state index contributed by atoms with van der Waals surface area (Å²) in [7, 11) is 0. The van der Waals surface area contributed by atoms with Gasteiger partial charge in [-0.05, 0) is 18.2 Å². The van der Waals surface area contributed by atoms with Gasteiger partial charge in [-0.3, -0.25) is 0 Å². The van der Waals surface area contributed by atoms with Crippen molar-refractivity contribution < 1.29 is 21.1 Å². The van der Waals surface area contributed by atoms with Crippen molar-refractivity contribution in [3.8, 4) is 5.75 Å². The Bertz CT molecular complexity index is 459. The summed E-state index contributed by atoms with van der Waals surface area (Å²) in [6.45, 7) is 0.456. The second-order valence-electron chi connectivity index (χ2n) is 3.28. The molecule has 0 aromatic heterocycles. The number of hydrogen-bond acceptors (Lipinski definition) is 1. The van der Waals surface area contributed by atoms with E-state index in [9.17, 15) is 0 Å². The molecule has 0 N–H and O–H groups in total. The van der Waals surface area contributed by atoms with E-state index in [1.54, 1.807) is 18.2 Å². The van der Waals surface area contributed by atoms with Crippen LogP contribution in [-0.2, 0) is 22.9 Å². The Kier molecular flexibility index (Phi) is 7.93. The Hall–Kier alpha value is -0.0766. The van der Waals surface area contributed by atoms with E-state index >= 15 is 0 Å². The molecule has 0 bridgehead atoms. The van der Waals surface area contributed by atoms with Gasteiger partial charge >= 0.3 is 30.0 Å². The van der Waals surface area contributed by atoms with Crippen LogP contribution in [0, 0.1) is 6.07 Å². The summed E-state index contributed by atoms with van der Waals surface area (Å²) >= 11 is 16.0. The predicted molar refractivity (Wildman–Crippen MR) is 75.0 cm³/mol. The minimum atomic E-state index is 0.456. The molecule has 0 heterocycles. The van der Waals surface area contributed by atoms with Crippen molar-refractivity contribution in [2.45, 2.75) is 6.61 Å². The van der Waals surface area contributed by atoms with Gasteiger partial charge in [0.25, 0.3) is 0 Å². The SMILES string of the molecule is Clc1cc(Cl)cc(OCc2[c-]cccc2)c1.[Zn+][Br]. The van der Waals surface area contributed by atoms with E-state index in [0.717, 1.165) is 5.56 Å². The molecule has 0 radical (unpaired) electrons. The first-order valence-corrected chi connectivity index (χ1v) is 12.8. The fourth-order valence-corrected chi connectivity index (χ4v) is 1.80. The number of hydrogen-bond donors (Lipinski definition) is 0. The van der Waals surface area contributed by atoms with E-state index < -0.39 is 0 Å². The average molecular weight is 397 g/mol. The first-order chi connectivity index (χ1) is 8.74. The normalized spacial score (nSPS) is 9.39. The summed E-state index contributed by atoms with van der Waals surface area (Å²) in [4.78, 5) is 0. The standard InChI is InChI=1S/C13H9Cl2O.BrH.Zn/c14-11-6-12(15)8-13(7-11)16-9-10-4-2-1-3-5-10;;/h1-4,6-8H,9H2;1H;/q-1;;+2/p-1. The molecule has 0 aliphatic carbocycles. The van der Waals surface area contributed by atoms with Crippen LogP contribution in [0.5, 0.6) is 5.75 Å². The zero-order valence-electron chi connectivity index (χ0n) is 9.50. The third kappa shape index (κ3) is 5.71. The molecule has 0 saturated carbocycles. The molecule has 0 unspecified atom stereocenters. The summed E-state index contributed by atoms with van der Waals surface area (Å²) in [5.74, 6) is 0.662. The average Bonchev–Trinajstić information content (AvgIpc) is 2.39. The van der Waals surface area contributed by atoms with Gasteiger partial charge in [-0.25, -0.2) is 0 Å². The van der Waals surface area contributed by atoms with Crippen molar-refractivity contribution in [2.24, 2.45) is 0 Å². The monoisotopic (exact) mass is 394 g/mol. The summed E-state index contributed by atoms with van der Waals surface area (Å²) in [6.07, 6.45) is 0. The molecule has 2 rings (SSSR count). The van der Waals surface area contributed by atoms with Crippen molar-refractivity contribution in [3.05, 3.63) is 64.1 Å². The zero-order chi connectivity index (χ0) is 13.4. The van der Waals surface area contributed by atoms with E-state index in [-0.39, 0.29) is 0 Å². The third-order valence-electron chi connectivity index (χ3n) is 2.00. The fraction of sp³-hybridized carbons (Fsp3) is 0.0769. The van der Waals surface area contributed by atoms with E-state index in [2.05, 4.69) is 19.7 Å². The molecule has 0 fully saturated rings. The first kappa shape index (κ1) is 16.0. The van der Waals surface area contributed by atoms with E-state index in [4.69, 9.17) is 27.9 Å². The molecular weight excluding hydrogens is 388 g/mol. The topological polar surface area (TPSA) is 9.23 Å². The molecule has 2 aromatic carbocycles. The molecule has 0 aliphatic rings. The van der Waals surface area contributed by atoms with Gasteiger partial charge < -0.3 is 4.74 Å². The number of rotatable bonds is 3. The van der Waals surface area contributed by atoms with Crippen LogP contribution in [-0.4, -0.2) is 0 Å². The zero-order valence-corrected chi connectivity index (χ0v) is 15.6. The maximum atomic E-state index is 5.86. The van der Waals surface area contributed by atoms with E-state index in [1.165, 1.54) is 16.3 Å². The van der Waals surface area contributed by atoms with Gasteiger partial charge in [0.1, 0.15) is 5.75 Å². The van der Waals surface area contributed by atoms with Crippen LogP contribution in [0.2, 0.25) is 10.0 Å². The molecule has 18 heavy (non-hydrogen) atoms. The molecule has 1 nitrogen and oxygen atoms in total. The second kappa shape index (κ2) is 8.93. The minimum absolute atomic E-state index is 0.456. The van der Waals surface area contributed by atoms with Crippen molar-refractivity contribution in [2.75, 3.05) is 0 Å². The summed E-state index contributed by atoms with van der Waals surface area (Å²) in [5.41, 5.74) is 0.985. The number of benzene rings is 2.